The molecule has 1 aliphatic rings. The summed E-state index contributed by atoms with van der Waals surface area (Å²) >= 11 is 1.62. The van der Waals surface area contributed by atoms with Crippen LogP contribution in [0.5, 0.6) is 0 Å². The highest BCUT2D eigenvalue weighted by molar-refractivity contribution is 7.07. The number of aliphatic hydroxyl groups is 1. The Morgan fingerprint density at radius 2 is 2.19 bits per heavy atom. The number of thiophene rings is 1. The SMILES string of the molecule is OC(c1ccsc1)C1NCc2ccccc21. The largest absolute Gasteiger partial charge is 0.386 e. The van der Waals surface area contributed by atoms with Gasteiger partial charge in [0.25, 0.3) is 0 Å². The normalized spacial score (nSPS) is 20.7. The summed E-state index contributed by atoms with van der Waals surface area (Å²) in [5.74, 6) is 0. The molecule has 0 saturated carbocycles. The Bertz CT molecular complexity index is 480. The molecule has 0 amide bonds. The zero-order valence-corrected chi connectivity index (χ0v) is 9.58. The summed E-state index contributed by atoms with van der Waals surface area (Å²) in [5.41, 5.74) is 3.52. The Morgan fingerprint density at radius 3 is 3.00 bits per heavy atom. The van der Waals surface area contributed by atoms with Gasteiger partial charge in [-0.25, -0.2) is 0 Å². The van der Waals surface area contributed by atoms with Crippen molar-refractivity contribution in [1.82, 2.24) is 5.32 Å². The molecule has 2 nitrogen and oxygen atoms in total. The standard InChI is InChI=1S/C13H13NOS/c15-13(10-5-6-16-8-10)12-11-4-2-1-3-9(11)7-14-12/h1-6,8,12-15H,7H2. The lowest BCUT2D eigenvalue weighted by Gasteiger charge is -2.18. The molecule has 0 spiro atoms. The molecule has 2 unspecified atom stereocenters. The Balaban J connectivity index is 1.93. The van der Waals surface area contributed by atoms with Crippen LogP contribution in [0.1, 0.15) is 28.8 Å². The van der Waals surface area contributed by atoms with Crippen molar-refractivity contribution in [3.05, 3.63) is 57.8 Å². The molecule has 3 heteroatoms. The molecule has 1 aliphatic heterocycles. The van der Waals surface area contributed by atoms with Crippen molar-refractivity contribution >= 4 is 11.3 Å². The minimum atomic E-state index is -0.449. The first kappa shape index (κ1) is 10.0. The van der Waals surface area contributed by atoms with E-state index in [1.54, 1.807) is 11.3 Å². The van der Waals surface area contributed by atoms with Crippen LogP contribution in [0.4, 0.5) is 0 Å². The van der Waals surface area contributed by atoms with Gasteiger partial charge in [-0.05, 0) is 33.5 Å². The highest BCUT2D eigenvalue weighted by Gasteiger charge is 2.28. The second-order valence-electron chi connectivity index (χ2n) is 4.06. The quantitative estimate of drug-likeness (QED) is 0.832. The fourth-order valence-corrected chi connectivity index (χ4v) is 2.94. The van der Waals surface area contributed by atoms with Gasteiger partial charge in [0.15, 0.2) is 0 Å². The molecule has 0 bridgehead atoms. The minimum absolute atomic E-state index is 0.0331. The number of nitrogens with one attached hydrogen (secondary N) is 1. The first-order chi connectivity index (χ1) is 7.86. The topological polar surface area (TPSA) is 32.3 Å². The average molecular weight is 231 g/mol. The maximum absolute atomic E-state index is 10.3. The fraction of sp³-hybridized carbons (Fsp3) is 0.231. The van der Waals surface area contributed by atoms with Crippen LogP contribution in [-0.2, 0) is 6.54 Å². The Kier molecular flexibility index (Phi) is 2.52. The number of benzene rings is 1. The monoisotopic (exact) mass is 231 g/mol. The number of aliphatic hydroxyl groups excluding tert-OH is 1. The molecule has 0 radical (unpaired) electrons. The van der Waals surface area contributed by atoms with Crippen molar-refractivity contribution in [3.8, 4) is 0 Å². The third-order valence-corrected chi connectivity index (χ3v) is 3.80. The number of rotatable bonds is 2. The number of hydrogen-bond acceptors (Lipinski definition) is 3. The molecule has 0 saturated heterocycles. The summed E-state index contributed by atoms with van der Waals surface area (Å²) in [6, 6.07) is 10.3. The van der Waals surface area contributed by atoms with E-state index in [4.69, 9.17) is 0 Å². The van der Waals surface area contributed by atoms with E-state index in [-0.39, 0.29) is 6.04 Å². The number of fused-ring (bicyclic) bond motifs is 1. The van der Waals surface area contributed by atoms with E-state index in [0.29, 0.717) is 0 Å². The van der Waals surface area contributed by atoms with Crippen molar-refractivity contribution in [1.29, 1.82) is 0 Å². The van der Waals surface area contributed by atoms with Gasteiger partial charge in [0.2, 0.25) is 0 Å². The second kappa shape index (κ2) is 4.01. The van der Waals surface area contributed by atoms with Crippen LogP contribution in [0.25, 0.3) is 0 Å². The molecule has 2 aromatic rings. The minimum Gasteiger partial charge on any atom is -0.386 e. The van der Waals surface area contributed by atoms with E-state index in [1.165, 1.54) is 11.1 Å². The van der Waals surface area contributed by atoms with E-state index in [1.807, 2.05) is 29.0 Å². The summed E-state index contributed by atoms with van der Waals surface area (Å²) in [6.45, 7) is 0.849. The molecular weight excluding hydrogens is 218 g/mol. The zero-order chi connectivity index (χ0) is 11.0. The van der Waals surface area contributed by atoms with Gasteiger partial charge in [-0.1, -0.05) is 24.3 Å². The van der Waals surface area contributed by atoms with Crippen LogP contribution in [0.2, 0.25) is 0 Å². The molecule has 0 fully saturated rings. The van der Waals surface area contributed by atoms with Gasteiger partial charge in [-0.3, -0.25) is 0 Å². The third kappa shape index (κ3) is 1.57. The van der Waals surface area contributed by atoms with Crippen LogP contribution < -0.4 is 5.32 Å². The molecule has 2 N–H and O–H groups in total. The van der Waals surface area contributed by atoms with Gasteiger partial charge in [-0.15, -0.1) is 0 Å². The van der Waals surface area contributed by atoms with E-state index in [9.17, 15) is 5.11 Å². The summed E-state index contributed by atoms with van der Waals surface area (Å²) < 4.78 is 0. The average Bonchev–Trinajstić information content (AvgIpc) is 2.98. The Labute approximate surface area is 98.6 Å². The van der Waals surface area contributed by atoms with E-state index >= 15 is 0 Å². The van der Waals surface area contributed by atoms with Crippen molar-refractivity contribution in [2.75, 3.05) is 0 Å². The third-order valence-electron chi connectivity index (χ3n) is 3.10. The molecule has 2 heterocycles. The van der Waals surface area contributed by atoms with Gasteiger partial charge in [0, 0.05) is 6.54 Å². The van der Waals surface area contributed by atoms with Gasteiger partial charge >= 0.3 is 0 Å². The van der Waals surface area contributed by atoms with Crippen LogP contribution in [0.3, 0.4) is 0 Å². The summed E-state index contributed by atoms with van der Waals surface area (Å²) in [7, 11) is 0. The van der Waals surface area contributed by atoms with E-state index in [0.717, 1.165) is 12.1 Å². The fourth-order valence-electron chi connectivity index (χ4n) is 2.25. The molecule has 1 aromatic carbocycles. The maximum atomic E-state index is 10.3. The van der Waals surface area contributed by atoms with Gasteiger partial charge in [0.1, 0.15) is 0 Å². The van der Waals surface area contributed by atoms with Gasteiger partial charge < -0.3 is 10.4 Å². The van der Waals surface area contributed by atoms with Gasteiger partial charge in [-0.2, -0.15) is 11.3 Å². The highest BCUT2D eigenvalue weighted by atomic mass is 32.1. The van der Waals surface area contributed by atoms with Crippen LogP contribution >= 0.6 is 11.3 Å². The van der Waals surface area contributed by atoms with Crippen LogP contribution in [0, 0.1) is 0 Å². The van der Waals surface area contributed by atoms with Crippen molar-refractivity contribution in [2.24, 2.45) is 0 Å². The highest BCUT2D eigenvalue weighted by Crippen LogP contribution is 2.35. The molecular formula is C13H13NOS. The van der Waals surface area contributed by atoms with E-state index < -0.39 is 6.10 Å². The maximum Gasteiger partial charge on any atom is 0.0992 e. The molecule has 0 aliphatic carbocycles. The lowest BCUT2D eigenvalue weighted by molar-refractivity contribution is 0.134. The summed E-state index contributed by atoms with van der Waals surface area (Å²) in [4.78, 5) is 0. The second-order valence-corrected chi connectivity index (χ2v) is 4.84. The molecule has 16 heavy (non-hydrogen) atoms. The van der Waals surface area contributed by atoms with Crippen LogP contribution in [0.15, 0.2) is 41.1 Å². The first-order valence-electron chi connectivity index (χ1n) is 5.37. The Hall–Kier alpha value is -1.16. The lowest BCUT2D eigenvalue weighted by atomic mass is 9.98. The lowest BCUT2D eigenvalue weighted by Crippen LogP contribution is -2.19. The summed E-state index contributed by atoms with van der Waals surface area (Å²) in [5, 5.41) is 17.7. The van der Waals surface area contributed by atoms with E-state index in [2.05, 4.69) is 17.4 Å². The van der Waals surface area contributed by atoms with Crippen molar-refractivity contribution in [3.63, 3.8) is 0 Å². The summed E-state index contributed by atoms with van der Waals surface area (Å²) in [6.07, 6.45) is -0.449. The first-order valence-corrected chi connectivity index (χ1v) is 6.32. The molecule has 1 aromatic heterocycles. The van der Waals surface area contributed by atoms with Crippen LogP contribution in [-0.4, -0.2) is 5.11 Å². The Morgan fingerprint density at radius 1 is 1.31 bits per heavy atom. The molecule has 82 valence electrons. The predicted octanol–water partition coefficient (Wildman–Crippen LogP) is 2.63. The molecule has 2 atom stereocenters. The van der Waals surface area contributed by atoms with Gasteiger partial charge in [0.05, 0.1) is 12.1 Å². The van der Waals surface area contributed by atoms with Crippen molar-refractivity contribution in [2.45, 2.75) is 18.7 Å². The molecule has 3 rings (SSSR count). The zero-order valence-electron chi connectivity index (χ0n) is 8.76. The number of hydrogen-bond donors (Lipinski definition) is 2. The predicted molar refractivity (Wildman–Crippen MR) is 65.3 cm³/mol. The smallest absolute Gasteiger partial charge is 0.0992 e. The van der Waals surface area contributed by atoms with Crippen molar-refractivity contribution < 1.29 is 5.11 Å².